The highest BCUT2D eigenvalue weighted by Crippen LogP contribution is 2.08. The van der Waals surface area contributed by atoms with Gasteiger partial charge >= 0.3 is 0 Å². The average molecular weight is 194 g/mol. The molecule has 0 aliphatic heterocycles. The van der Waals surface area contributed by atoms with Gasteiger partial charge in [-0.1, -0.05) is 19.1 Å². The third-order valence-corrected chi connectivity index (χ3v) is 1.93. The average Bonchev–Trinajstić information content (AvgIpc) is 2.21. The molecule has 0 atom stereocenters. The van der Waals surface area contributed by atoms with Gasteiger partial charge in [0.25, 0.3) is 0 Å². The van der Waals surface area contributed by atoms with Crippen molar-refractivity contribution in [1.29, 1.82) is 0 Å². The van der Waals surface area contributed by atoms with E-state index in [4.69, 9.17) is 4.84 Å². The second kappa shape index (κ2) is 6.40. The van der Waals surface area contributed by atoms with Crippen LogP contribution >= 0.6 is 0 Å². The van der Waals surface area contributed by atoms with Gasteiger partial charge in [0.05, 0.1) is 12.8 Å². The van der Waals surface area contributed by atoms with Gasteiger partial charge in [-0.05, 0) is 30.7 Å². The quantitative estimate of drug-likeness (QED) is 0.538. The van der Waals surface area contributed by atoms with E-state index < -0.39 is 0 Å². The molecule has 0 heterocycles. The number of benzene rings is 1. The summed E-state index contributed by atoms with van der Waals surface area (Å²) in [5.41, 5.74) is 5.05. The Hall–Kier alpha value is -1.06. The van der Waals surface area contributed by atoms with Gasteiger partial charge in [0, 0.05) is 6.54 Å². The first-order valence-corrected chi connectivity index (χ1v) is 4.95. The smallest absolute Gasteiger partial charge is 0.0636 e. The van der Waals surface area contributed by atoms with Crippen LogP contribution in [0.15, 0.2) is 24.3 Å². The van der Waals surface area contributed by atoms with Crippen LogP contribution in [0.25, 0.3) is 0 Å². The minimum absolute atomic E-state index is 0.932. The third kappa shape index (κ3) is 3.77. The van der Waals surface area contributed by atoms with E-state index in [2.05, 4.69) is 29.9 Å². The van der Waals surface area contributed by atoms with Crippen molar-refractivity contribution in [2.75, 3.05) is 19.1 Å². The summed E-state index contributed by atoms with van der Waals surface area (Å²) >= 11 is 0. The summed E-state index contributed by atoms with van der Waals surface area (Å²) in [6.07, 6.45) is 1.17. The standard InChI is InChI=1S/C11H18N2O/c1-3-8-12-9-10-4-6-11(7-5-10)13-14-2/h4-7,12-13H,3,8-9H2,1-2H3. The van der Waals surface area contributed by atoms with Crippen LogP contribution in [0.1, 0.15) is 18.9 Å². The van der Waals surface area contributed by atoms with Crippen molar-refractivity contribution in [2.24, 2.45) is 0 Å². The summed E-state index contributed by atoms with van der Waals surface area (Å²) in [4.78, 5) is 4.80. The Labute approximate surface area is 85.4 Å². The minimum atomic E-state index is 0.932. The van der Waals surface area contributed by atoms with Crippen molar-refractivity contribution in [3.05, 3.63) is 29.8 Å². The zero-order valence-electron chi connectivity index (χ0n) is 8.84. The van der Waals surface area contributed by atoms with Crippen molar-refractivity contribution in [1.82, 2.24) is 5.32 Å². The molecule has 0 saturated carbocycles. The minimum Gasteiger partial charge on any atom is -0.313 e. The lowest BCUT2D eigenvalue weighted by Crippen LogP contribution is -2.13. The lowest BCUT2D eigenvalue weighted by atomic mass is 10.2. The lowest BCUT2D eigenvalue weighted by Gasteiger charge is -2.05. The number of hydrogen-bond donors (Lipinski definition) is 2. The van der Waals surface area contributed by atoms with Crippen molar-refractivity contribution >= 4 is 5.69 Å². The molecule has 0 bridgehead atoms. The molecule has 0 unspecified atom stereocenters. The van der Waals surface area contributed by atoms with Crippen LogP contribution in [0.5, 0.6) is 0 Å². The molecule has 0 saturated heterocycles. The van der Waals surface area contributed by atoms with Gasteiger partial charge in [-0.25, -0.2) is 0 Å². The maximum Gasteiger partial charge on any atom is 0.0636 e. The molecule has 3 heteroatoms. The van der Waals surface area contributed by atoms with E-state index in [0.717, 1.165) is 18.8 Å². The summed E-state index contributed by atoms with van der Waals surface area (Å²) < 4.78 is 0. The molecule has 1 aromatic rings. The van der Waals surface area contributed by atoms with Crippen LogP contribution in [-0.4, -0.2) is 13.7 Å². The molecule has 0 aliphatic carbocycles. The Morgan fingerprint density at radius 3 is 2.50 bits per heavy atom. The summed E-state index contributed by atoms with van der Waals surface area (Å²) in [5.74, 6) is 0. The molecule has 0 aliphatic rings. The van der Waals surface area contributed by atoms with E-state index in [0.29, 0.717) is 0 Å². The third-order valence-electron chi connectivity index (χ3n) is 1.93. The molecule has 14 heavy (non-hydrogen) atoms. The second-order valence-corrected chi connectivity index (χ2v) is 3.18. The van der Waals surface area contributed by atoms with Crippen LogP contribution in [0.3, 0.4) is 0 Å². The molecular formula is C11H18N2O. The largest absolute Gasteiger partial charge is 0.313 e. The molecule has 78 valence electrons. The van der Waals surface area contributed by atoms with Gasteiger partial charge in [0.15, 0.2) is 0 Å². The molecule has 0 amide bonds. The van der Waals surface area contributed by atoms with Crippen molar-refractivity contribution in [3.63, 3.8) is 0 Å². The predicted octanol–water partition coefficient (Wildman–Crippen LogP) is 2.16. The summed E-state index contributed by atoms with van der Waals surface area (Å²) in [6, 6.07) is 8.19. The molecule has 0 spiro atoms. The Balaban J connectivity index is 2.38. The SMILES string of the molecule is CCCNCc1ccc(NOC)cc1. The topological polar surface area (TPSA) is 33.3 Å². The van der Waals surface area contributed by atoms with Crippen LogP contribution in [0.4, 0.5) is 5.69 Å². The maximum atomic E-state index is 4.80. The van der Waals surface area contributed by atoms with Gasteiger partial charge in [-0.15, -0.1) is 0 Å². The molecule has 3 nitrogen and oxygen atoms in total. The van der Waals surface area contributed by atoms with Gasteiger partial charge in [0.2, 0.25) is 0 Å². The fraction of sp³-hybridized carbons (Fsp3) is 0.455. The highest BCUT2D eigenvalue weighted by atomic mass is 16.6. The van der Waals surface area contributed by atoms with E-state index in [1.165, 1.54) is 12.0 Å². The number of anilines is 1. The lowest BCUT2D eigenvalue weighted by molar-refractivity contribution is 0.271. The number of hydrogen-bond acceptors (Lipinski definition) is 3. The Morgan fingerprint density at radius 2 is 1.93 bits per heavy atom. The highest BCUT2D eigenvalue weighted by molar-refractivity contribution is 5.42. The first-order valence-electron chi connectivity index (χ1n) is 4.95. The monoisotopic (exact) mass is 194 g/mol. The molecule has 0 radical (unpaired) electrons. The molecule has 1 aromatic carbocycles. The van der Waals surface area contributed by atoms with E-state index in [-0.39, 0.29) is 0 Å². The van der Waals surface area contributed by atoms with E-state index in [1.807, 2.05) is 12.1 Å². The highest BCUT2D eigenvalue weighted by Gasteiger charge is 1.93. The predicted molar refractivity (Wildman–Crippen MR) is 59.1 cm³/mol. The Morgan fingerprint density at radius 1 is 1.21 bits per heavy atom. The first kappa shape index (κ1) is 11.0. The van der Waals surface area contributed by atoms with E-state index in [9.17, 15) is 0 Å². The van der Waals surface area contributed by atoms with Crippen LogP contribution < -0.4 is 10.8 Å². The molecule has 1 rings (SSSR count). The molecule has 0 aromatic heterocycles. The fourth-order valence-corrected chi connectivity index (χ4v) is 1.22. The number of rotatable bonds is 6. The summed E-state index contributed by atoms with van der Waals surface area (Å²) in [5, 5.41) is 3.35. The van der Waals surface area contributed by atoms with Gasteiger partial charge in [-0.3, -0.25) is 10.3 Å². The van der Waals surface area contributed by atoms with Crippen LogP contribution in [0.2, 0.25) is 0 Å². The summed E-state index contributed by atoms with van der Waals surface area (Å²) in [6.45, 7) is 4.16. The molecule has 2 N–H and O–H groups in total. The van der Waals surface area contributed by atoms with E-state index in [1.54, 1.807) is 7.11 Å². The molecule has 0 fully saturated rings. The zero-order valence-corrected chi connectivity index (χ0v) is 8.84. The van der Waals surface area contributed by atoms with Crippen molar-refractivity contribution in [2.45, 2.75) is 19.9 Å². The number of nitrogens with one attached hydrogen (secondary N) is 2. The fourth-order valence-electron chi connectivity index (χ4n) is 1.22. The maximum absolute atomic E-state index is 4.80. The Kier molecular flexibility index (Phi) is 5.04. The zero-order chi connectivity index (χ0) is 10.2. The second-order valence-electron chi connectivity index (χ2n) is 3.18. The van der Waals surface area contributed by atoms with Gasteiger partial charge in [-0.2, -0.15) is 0 Å². The summed E-state index contributed by atoms with van der Waals surface area (Å²) in [7, 11) is 1.61. The first-order chi connectivity index (χ1) is 6.86. The van der Waals surface area contributed by atoms with Crippen LogP contribution in [-0.2, 0) is 11.4 Å². The van der Waals surface area contributed by atoms with Crippen LogP contribution in [0, 0.1) is 0 Å². The van der Waals surface area contributed by atoms with Gasteiger partial charge < -0.3 is 5.32 Å². The van der Waals surface area contributed by atoms with Crippen molar-refractivity contribution < 1.29 is 4.84 Å². The Bertz CT molecular complexity index is 246. The van der Waals surface area contributed by atoms with Crippen molar-refractivity contribution in [3.8, 4) is 0 Å². The van der Waals surface area contributed by atoms with Gasteiger partial charge in [0.1, 0.15) is 0 Å². The molecular weight excluding hydrogens is 176 g/mol. The van der Waals surface area contributed by atoms with E-state index >= 15 is 0 Å². The normalized spacial score (nSPS) is 10.1.